The third-order valence-corrected chi connectivity index (χ3v) is 7.34. The SMILES string of the molecule is O=C(Nc1ccc(Br)cc1Cl)c1cc(S(=O)(=O)N2CCCCC2)ccc1Cl. The first-order valence-corrected chi connectivity index (χ1v) is 11.3. The van der Waals surface area contributed by atoms with Gasteiger partial charge in [-0.2, -0.15) is 4.31 Å². The summed E-state index contributed by atoms with van der Waals surface area (Å²) in [6.45, 7) is 0.974. The van der Waals surface area contributed by atoms with Crippen molar-refractivity contribution in [3.05, 3.63) is 56.5 Å². The van der Waals surface area contributed by atoms with Gasteiger partial charge in [-0.25, -0.2) is 8.42 Å². The number of amides is 1. The summed E-state index contributed by atoms with van der Waals surface area (Å²) >= 11 is 15.6. The van der Waals surface area contributed by atoms with Gasteiger partial charge in [0.05, 0.1) is 26.2 Å². The van der Waals surface area contributed by atoms with E-state index in [1.54, 1.807) is 18.2 Å². The van der Waals surface area contributed by atoms with Crippen LogP contribution in [0.5, 0.6) is 0 Å². The van der Waals surface area contributed by atoms with E-state index in [9.17, 15) is 13.2 Å². The summed E-state index contributed by atoms with van der Waals surface area (Å²) in [6.07, 6.45) is 2.69. The van der Waals surface area contributed by atoms with Crippen LogP contribution in [0.3, 0.4) is 0 Å². The van der Waals surface area contributed by atoms with Crippen molar-refractivity contribution >= 4 is 60.7 Å². The molecule has 1 N–H and O–H groups in total. The molecule has 1 heterocycles. The molecule has 0 unspecified atom stereocenters. The second kappa shape index (κ2) is 8.49. The van der Waals surface area contributed by atoms with Gasteiger partial charge in [-0.1, -0.05) is 45.6 Å². The van der Waals surface area contributed by atoms with E-state index in [1.807, 2.05) is 0 Å². The molecule has 1 aliphatic rings. The number of halogens is 3. The molecule has 2 aromatic rings. The van der Waals surface area contributed by atoms with Gasteiger partial charge in [-0.3, -0.25) is 4.79 Å². The summed E-state index contributed by atoms with van der Waals surface area (Å²) in [5.41, 5.74) is 0.485. The largest absolute Gasteiger partial charge is 0.321 e. The number of carbonyl (C=O) groups is 1. The molecule has 1 saturated heterocycles. The summed E-state index contributed by atoms with van der Waals surface area (Å²) in [5.74, 6) is -0.528. The highest BCUT2D eigenvalue weighted by molar-refractivity contribution is 9.10. The van der Waals surface area contributed by atoms with Crippen LogP contribution in [0.2, 0.25) is 10.0 Å². The van der Waals surface area contributed by atoms with Gasteiger partial charge in [-0.15, -0.1) is 0 Å². The van der Waals surface area contributed by atoms with Crippen LogP contribution in [0.15, 0.2) is 45.8 Å². The number of piperidine rings is 1. The molecular weight excluding hydrogens is 475 g/mol. The first-order valence-electron chi connectivity index (χ1n) is 8.35. The molecular formula is C18H17BrCl2N2O3S. The minimum atomic E-state index is -3.66. The molecule has 1 aliphatic heterocycles. The molecule has 1 fully saturated rings. The monoisotopic (exact) mass is 490 g/mol. The molecule has 0 atom stereocenters. The number of sulfonamides is 1. The number of nitrogens with one attached hydrogen (secondary N) is 1. The lowest BCUT2D eigenvalue weighted by Crippen LogP contribution is -2.35. The van der Waals surface area contributed by atoms with Crippen LogP contribution < -0.4 is 5.32 Å². The molecule has 2 aromatic carbocycles. The Morgan fingerprint density at radius 2 is 1.70 bits per heavy atom. The molecule has 0 bridgehead atoms. The Morgan fingerprint density at radius 1 is 1.00 bits per heavy atom. The molecule has 0 radical (unpaired) electrons. The maximum Gasteiger partial charge on any atom is 0.257 e. The fourth-order valence-electron chi connectivity index (χ4n) is 2.87. The van der Waals surface area contributed by atoms with E-state index in [1.165, 1.54) is 22.5 Å². The van der Waals surface area contributed by atoms with Gasteiger partial charge in [0.1, 0.15) is 0 Å². The summed E-state index contributed by atoms with van der Waals surface area (Å²) < 4.78 is 27.9. The Hall–Kier alpha value is -1.12. The number of benzene rings is 2. The van der Waals surface area contributed by atoms with Crippen molar-refractivity contribution in [1.82, 2.24) is 4.31 Å². The van der Waals surface area contributed by atoms with E-state index in [0.717, 1.165) is 23.7 Å². The zero-order chi connectivity index (χ0) is 19.6. The molecule has 144 valence electrons. The molecule has 0 aliphatic carbocycles. The van der Waals surface area contributed by atoms with E-state index in [-0.39, 0.29) is 15.5 Å². The molecule has 1 amide bonds. The van der Waals surface area contributed by atoms with E-state index in [2.05, 4.69) is 21.2 Å². The van der Waals surface area contributed by atoms with Crippen LogP contribution in [0.25, 0.3) is 0 Å². The van der Waals surface area contributed by atoms with E-state index in [4.69, 9.17) is 23.2 Å². The Balaban J connectivity index is 1.89. The van der Waals surface area contributed by atoms with Crippen molar-refractivity contribution in [2.45, 2.75) is 24.2 Å². The standard InChI is InChI=1S/C18H17BrCl2N2O3S/c19-12-4-7-17(16(21)10-12)22-18(24)14-11-13(5-6-15(14)20)27(25,26)23-8-2-1-3-9-23/h4-7,10-11H,1-3,8-9H2,(H,22,24). The normalized spacial score (nSPS) is 15.5. The third kappa shape index (κ3) is 4.66. The zero-order valence-corrected chi connectivity index (χ0v) is 18.1. The topological polar surface area (TPSA) is 66.5 Å². The molecule has 0 spiro atoms. The first kappa shape index (κ1) is 20.6. The first-order chi connectivity index (χ1) is 12.8. The maximum atomic E-state index is 12.8. The number of rotatable bonds is 4. The van der Waals surface area contributed by atoms with Crippen molar-refractivity contribution in [1.29, 1.82) is 0 Å². The van der Waals surface area contributed by atoms with Crippen molar-refractivity contribution < 1.29 is 13.2 Å². The Kier molecular flexibility index (Phi) is 6.48. The van der Waals surface area contributed by atoms with Crippen LogP contribution in [-0.4, -0.2) is 31.7 Å². The van der Waals surface area contributed by atoms with Gasteiger partial charge < -0.3 is 5.32 Å². The van der Waals surface area contributed by atoms with Crippen molar-refractivity contribution in [3.63, 3.8) is 0 Å². The molecule has 9 heteroatoms. The second-order valence-corrected chi connectivity index (χ2v) is 9.85. The molecule has 5 nitrogen and oxygen atoms in total. The summed E-state index contributed by atoms with van der Waals surface area (Å²) in [6, 6.07) is 9.20. The van der Waals surface area contributed by atoms with Gasteiger partial charge in [0.2, 0.25) is 10.0 Å². The predicted octanol–water partition coefficient (Wildman–Crippen LogP) is 5.18. The molecule has 27 heavy (non-hydrogen) atoms. The zero-order valence-electron chi connectivity index (χ0n) is 14.2. The molecule has 0 aromatic heterocycles. The number of carbonyl (C=O) groups excluding carboxylic acids is 1. The lowest BCUT2D eigenvalue weighted by molar-refractivity contribution is 0.102. The Labute approximate surface area is 176 Å². The van der Waals surface area contributed by atoms with E-state index in [0.29, 0.717) is 23.8 Å². The second-order valence-electron chi connectivity index (χ2n) is 6.18. The highest BCUT2D eigenvalue weighted by Crippen LogP contribution is 2.28. The third-order valence-electron chi connectivity index (χ3n) is 4.31. The van der Waals surface area contributed by atoms with E-state index < -0.39 is 15.9 Å². The Morgan fingerprint density at radius 3 is 2.37 bits per heavy atom. The van der Waals surface area contributed by atoms with Gasteiger partial charge in [0, 0.05) is 17.6 Å². The van der Waals surface area contributed by atoms with Crippen molar-refractivity contribution in [2.75, 3.05) is 18.4 Å². The smallest absolute Gasteiger partial charge is 0.257 e. The van der Waals surface area contributed by atoms with Crippen LogP contribution in [0, 0.1) is 0 Å². The average Bonchev–Trinajstić information content (AvgIpc) is 2.65. The van der Waals surface area contributed by atoms with Crippen LogP contribution >= 0.6 is 39.1 Å². The van der Waals surface area contributed by atoms with Crippen LogP contribution in [-0.2, 0) is 10.0 Å². The summed E-state index contributed by atoms with van der Waals surface area (Å²) in [5, 5.41) is 3.19. The fourth-order valence-corrected chi connectivity index (χ4v) is 5.34. The average molecular weight is 492 g/mol. The van der Waals surface area contributed by atoms with Gasteiger partial charge in [0.25, 0.3) is 5.91 Å². The fraction of sp³-hybridized carbons (Fsp3) is 0.278. The van der Waals surface area contributed by atoms with Gasteiger partial charge in [-0.05, 0) is 49.2 Å². The number of nitrogens with zero attached hydrogens (tertiary/aromatic N) is 1. The maximum absolute atomic E-state index is 12.8. The minimum absolute atomic E-state index is 0.0563. The molecule has 0 saturated carbocycles. The number of hydrogen-bond donors (Lipinski definition) is 1. The quantitative estimate of drug-likeness (QED) is 0.640. The predicted molar refractivity (Wildman–Crippen MR) is 111 cm³/mol. The van der Waals surface area contributed by atoms with Crippen LogP contribution in [0.4, 0.5) is 5.69 Å². The van der Waals surface area contributed by atoms with Crippen molar-refractivity contribution in [3.8, 4) is 0 Å². The lowest BCUT2D eigenvalue weighted by Gasteiger charge is -2.26. The number of anilines is 1. The van der Waals surface area contributed by atoms with E-state index >= 15 is 0 Å². The van der Waals surface area contributed by atoms with Gasteiger partial charge in [0.15, 0.2) is 0 Å². The minimum Gasteiger partial charge on any atom is -0.321 e. The summed E-state index contributed by atoms with van der Waals surface area (Å²) in [4.78, 5) is 12.7. The highest BCUT2D eigenvalue weighted by atomic mass is 79.9. The summed E-state index contributed by atoms with van der Waals surface area (Å²) in [7, 11) is -3.66. The van der Waals surface area contributed by atoms with Crippen LogP contribution in [0.1, 0.15) is 29.6 Å². The number of hydrogen-bond acceptors (Lipinski definition) is 3. The Bertz CT molecular complexity index is 977. The molecule has 3 rings (SSSR count). The highest BCUT2D eigenvalue weighted by Gasteiger charge is 2.27. The van der Waals surface area contributed by atoms with Gasteiger partial charge >= 0.3 is 0 Å². The van der Waals surface area contributed by atoms with Crippen molar-refractivity contribution in [2.24, 2.45) is 0 Å². The lowest BCUT2D eigenvalue weighted by atomic mass is 10.2.